The van der Waals surface area contributed by atoms with Gasteiger partial charge in [-0.1, -0.05) is 6.07 Å². The summed E-state index contributed by atoms with van der Waals surface area (Å²) in [6.07, 6.45) is 6.15. The van der Waals surface area contributed by atoms with Gasteiger partial charge in [-0.15, -0.1) is 0 Å². The summed E-state index contributed by atoms with van der Waals surface area (Å²) in [7, 11) is 1.88. The van der Waals surface area contributed by atoms with Crippen LogP contribution in [0.2, 0.25) is 0 Å². The van der Waals surface area contributed by atoms with Crippen LogP contribution in [0, 0.1) is 0 Å². The molecule has 7 nitrogen and oxygen atoms in total. The smallest absolute Gasteiger partial charge is 0.272 e. The van der Waals surface area contributed by atoms with Crippen LogP contribution in [0.1, 0.15) is 11.4 Å². The first-order valence-electron chi connectivity index (χ1n) is 8.61. The number of fused-ring (bicyclic) bond motifs is 2. The zero-order valence-electron chi connectivity index (χ0n) is 14.6. The third-order valence-electron chi connectivity index (χ3n) is 4.75. The van der Waals surface area contributed by atoms with Crippen LogP contribution in [-0.4, -0.2) is 29.9 Å². The monoisotopic (exact) mass is 356 g/mol. The summed E-state index contributed by atoms with van der Waals surface area (Å²) >= 11 is 0. The summed E-state index contributed by atoms with van der Waals surface area (Å²) in [6.45, 7) is 0. The molecule has 0 bridgehead atoms. The summed E-state index contributed by atoms with van der Waals surface area (Å²) in [6, 6.07) is 11.7. The fraction of sp³-hybridized carbons (Fsp3) is 0.100. The second-order valence-corrected chi connectivity index (χ2v) is 6.52. The fourth-order valence-corrected chi connectivity index (χ4v) is 3.45. The molecule has 0 radical (unpaired) electrons. The van der Waals surface area contributed by atoms with Crippen molar-refractivity contribution in [1.82, 2.24) is 29.9 Å². The number of aryl methyl sites for hydroxylation is 1. The number of nitrogens with one attached hydrogen (secondary N) is 2. The first kappa shape index (κ1) is 15.5. The highest BCUT2D eigenvalue weighted by Crippen LogP contribution is 2.30. The van der Waals surface area contributed by atoms with Gasteiger partial charge < -0.3 is 4.98 Å². The average Bonchev–Trinajstić information content (AvgIpc) is 3.30. The van der Waals surface area contributed by atoms with E-state index in [1.54, 1.807) is 10.9 Å². The van der Waals surface area contributed by atoms with Gasteiger partial charge in [0.1, 0.15) is 5.65 Å². The minimum absolute atomic E-state index is 0.193. The summed E-state index contributed by atoms with van der Waals surface area (Å²) < 4.78 is 1.76. The van der Waals surface area contributed by atoms with Crippen molar-refractivity contribution in [1.29, 1.82) is 0 Å². The maximum absolute atomic E-state index is 12.2. The molecule has 2 N–H and O–H groups in total. The molecule has 0 aliphatic heterocycles. The quantitative estimate of drug-likeness (QED) is 0.520. The largest absolute Gasteiger partial charge is 0.346 e. The molecule has 132 valence electrons. The van der Waals surface area contributed by atoms with Gasteiger partial charge in [0.15, 0.2) is 0 Å². The first-order valence-corrected chi connectivity index (χ1v) is 8.61. The lowest BCUT2D eigenvalue weighted by Crippen LogP contribution is -2.11. The zero-order chi connectivity index (χ0) is 18.4. The van der Waals surface area contributed by atoms with E-state index in [1.165, 1.54) is 0 Å². The van der Waals surface area contributed by atoms with Crippen LogP contribution >= 0.6 is 0 Å². The predicted molar refractivity (Wildman–Crippen MR) is 103 cm³/mol. The van der Waals surface area contributed by atoms with Crippen LogP contribution in [0.25, 0.3) is 32.9 Å². The molecule has 4 aromatic heterocycles. The van der Waals surface area contributed by atoms with E-state index in [0.717, 1.165) is 38.9 Å². The number of aromatic amines is 2. The van der Waals surface area contributed by atoms with Crippen molar-refractivity contribution in [3.8, 4) is 11.1 Å². The summed E-state index contributed by atoms with van der Waals surface area (Å²) in [5.41, 5.74) is 4.40. The highest BCUT2D eigenvalue weighted by Gasteiger charge is 2.12. The van der Waals surface area contributed by atoms with Gasteiger partial charge in [-0.25, -0.2) is 10.1 Å². The molecule has 7 heteroatoms. The van der Waals surface area contributed by atoms with Gasteiger partial charge in [-0.2, -0.15) is 10.2 Å². The minimum atomic E-state index is -0.193. The second kappa shape index (κ2) is 5.91. The van der Waals surface area contributed by atoms with Crippen molar-refractivity contribution in [2.75, 3.05) is 0 Å². The van der Waals surface area contributed by atoms with Crippen molar-refractivity contribution < 1.29 is 0 Å². The van der Waals surface area contributed by atoms with Crippen molar-refractivity contribution in [3.05, 3.63) is 76.7 Å². The molecule has 0 saturated carbocycles. The number of nitrogens with zero attached hydrogens (tertiary/aromatic N) is 4. The SMILES string of the molecule is Cn1ccc(Cc2n[nH]c(=O)c3ccc(-c4c[nH]c5ncccc45)cc23)n1. The van der Waals surface area contributed by atoms with Crippen molar-refractivity contribution >= 4 is 21.8 Å². The van der Waals surface area contributed by atoms with E-state index in [-0.39, 0.29) is 5.56 Å². The maximum Gasteiger partial charge on any atom is 0.272 e. The molecule has 0 saturated heterocycles. The Kier molecular flexibility index (Phi) is 3.39. The standard InChI is InChI=1S/C20H16N6O/c1-26-8-6-13(25-26)10-18-16-9-12(4-5-15(16)20(27)24-23-18)17-11-22-19-14(17)3-2-7-21-19/h2-9,11H,10H2,1H3,(H,21,22)(H,24,27). The van der Waals surface area contributed by atoms with Crippen LogP contribution in [0.5, 0.6) is 0 Å². The van der Waals surface area contributed by atoms with Crippen LogP contribution < -0.4 is 5.56 Å². The lowest BCUT2D eigenvalue weighted by molar-refractivity contribution is 0.746. The van der Waals surface area contributed by atoms with Crippen LogP contribution in [0.3, 0.4) is 0 Å². The van der Waals surface area contributed by atoms with Crippen molar-refractivity contribution in [2.24, 2.45) is 7.05 Å². The van der Waals surface area contributed by atoms with E-state index in [9.17, 15) is 4.79 Å². The molecular weight excluding hydrogens is 340 g/mol. The molecule has 0 amide bonds. The lowest BCUT2D eigenvalue weighted by Gasteiger charge is -2.06. The summed E-state index contributed by atoms with van der Waals surface area (Å²) in [4.78, 5) is 19.8. The molecule has 27 heavy (non-hydrogen) atoms. The molecule has 1 aromatic carbocycles. The maximum atomic E-state index is 12.2. The average molecular weight is 356 g/mol. The van der Waals surface area contributed by atoms with Gasteiger partial charge in [0, 0.05) is 48.4 Å². The predicted octanol–water partition coefficient (Wildman–Crippen LogP) is 2.79. The van der Waals surface area contributed by atoms with Crippen LogP contribution in [0.4, 0.5) is 0 Å². The molecule has 0 atom stereocenters. The number of benzene rings is 1. The number of aromatic nitrogens is 6. The van der Waals surface area contributed by atoms with E-state index in [0.29, 0.717) is 11.8 Å². The molecular formula is C20H16N6O. The number of hydrogen-bond donors (Lipinski definition) is 2. The Morgan fingerprint density at radius 2 is 2.04 bits per heavy atom. The van der Waals surface area contributed by atoms with Gasteiger partial charge in [-0.3, -0.25) is 9.48 Å². The molecule has 0 unspecified atom stereocenters. The molecule has 0 fully saturated rings. The van der Waals surface area contributed by atoms with Crippen LogP contribution in [0.15, 0.2) is 59.8 Å². The first-order chi connectivity index (χ1) is 13.2. The molecule has 5 rings (SSSR count). The van der Waals surface area contributed by atoms with E-state index < -0.39 is 0 Å². The normalized spacial score (nSPS) is 11.4. The molecule has 0 aliphatic carbocycles. The zero-order valence-corrected chi connectivity index (χ0v) is 14.6. The summed E-state index contributed by atoms with van der Waals surface area (Å²) in [5, 5.41) is 13.8. The van der Waals surface area contributed by atoms with E-state index in [4.69, 9.17) is 0 Å². The van der Waals surface area contributed by atoms with Gasteiger partial charge in [-0.05, 0) is 35.9 Å². The number of H-pyrrole nitrogens is 2. The Hall–Kier alpha value is -3.74. The van der Waals surface area contributed by atoms with Gasteiger partial charge in [0.05, 0.1) is 16.8 Å². The van der Waals surface area contributed by atoms with E-state index in [1.807, 2.05) is 55.8 Å². The number of rotatable bonds is 3. The number of hydrogen-bond acceptors (Lipinski definition) is 4. The molecule has 0 spiro atoms. The molecule has 0 aliphatic rings. The Morgan fingerprint density at radius 3 is 2.89 bits per heavy atom. The molecule has 5 aromatic rings. The molecule has 4 heterocycles. The summed E-state index contributed by atoms with van der Waals surface area (Å²) in [5.74, 6) is 0. The Morgan fingerprint density at radius 1 is 1.11 bits per heavy atom. The third-order valence-corrected chi connectivity index (χ3v) is 4.75. The van der Waals surface area contributed by atoms with Crippen molar-refractivity contribution in [3.63, 3.8) is 0 Å². The van der Waals surface area contributed by atoms with Gasteiger partial charge in [0.2, 0.25) is 0 Å². The third kappa shape index (κ3) is 2.60. The van der Waals surface area contributed by atoms with Crippen LogP contribution in [-0.2, 0) is 13.5 Å². The topological polar surface area (TPSA) is 92.2 Å². The van der Waals surface area contributed by atoms with E-state index >= 15 is 0 Å². The lowest BCUT2D eigenvalue weighted by atomic mass is 10.0. The number of pyridine rings is 1. The fourth-order valence-electron chi connectivity index (χ4n) is 3.45. The van der Waals surface area contributed by atoms with Crippen molar-refractivity contribution in [2.45, 2.75) is 6.42 Å². The Bertz CT molecular complexity index is 1340. The Balaban J connectivity index is 1.69. The minimum Gasteiger partial charge on any atom is -0.346 e. The Labute approximate surface area is 153 Å². The second-order valence-electron chi connectivity index (χ2n) is 6.52. The van der Waals surface area contributed by atoms with E-state index in [2.05, 4.69) is 25.3 Å². The highest BCUT2D eigenvalue weighted by atomic mass is 16.1. The van der Waals surface area contributed by atoms with Gasteiger partial charge in [0.25, 0.3) is 5.56 Å². The van der Waals surface area contributed by atoms with Gasteiger partial charge >= 0.3 is 0 Å². The highest BCUT2D eigenvalue weighted by molar-refractivity contribution is 5.97.